The van der Waals surface area contributed by atoms with Gasteiger partial charge in [0, 0.05) is 22.7 Å². The van der Waals surface area contributed by atoms with E-state index >= 15 is 0 Å². The number of halogens is 1. The maximum atomic E-state index is 13.4. The van der Waals surface area contributed by atoms with E-state index in [9.17, 15) is 14.6 Å². The van der Waals surface area contributed by atoms with Crippen molar-refractivity contribution in [2.45, 2.75) is 18.6 Å². The molecule has 0 spiro atoms. The van der Waals surface area contributed by atoms with E-state index in [1.807, 2.05) is 0 Å². The van der Waals surface area contributed by atoms with Crippen molar-refractivity contribution in [3.63, 3.8) is 0 Å². The van der Waals surface area contributed by atoms with Gasteiger partial charge in [-0.05, 0) is 30.2 Å². The van der Waals surface area contributed by atoms with E-state index in [1.165, 1.54) is 12.1 Å². The Morgan fingerprint density at radius 1 is 1.47 bits per heavy atom. The second-order valence-electron chi connectivity index (χ2n) is 3.54. The van der Waals surface area contributed by atoms with Gasteiger partial charge in [-0.25, -0.2) is 4.39 Å². The Hall–Kier alpha value is -1.82. The monoisotopic (exact) mass is 240 g/mol. The maximum absolute atomic E-state index is 13.4. The van der Waals surface area contributed by atoms with Crippen molar-refractivity contribution in [1.82, 2.24) is 0 Å². The summed E-state index contributed by atoms with van der Waals surface area (Å²) in [5.74, 6) is -0.644. The second-order valence-corrected chi connectivity index (χ2v) is 3.54. The Bertz CT molecular complexity index is 434. The van der Waals surface area contributed by atoms with Crippen LogP contribution in [0.1, 0.15) is 18.1 Å². The highest BCUT2D eigenvalue weighted by atomic mass is 19.1. The number of azide groups is 1. The van der Waals surface area contributed by atoms with Crippen LogP contribution in [0.15, 0.2) is 23.3 Å². The van der Waals surface area contributed by atoms with Crippen LogP contribution in [0.25, 0.3) is 10.4 Å². The molecule has 0 aliphatic rings. The number of anilines is 1. The predicted molar refractivity (Wildman–Crippen MR) is 60.4 cm³/mol. The topological polar surface area (TPSA) is 115 Å². The number of benzene rings is 1. The molecule has 0 aliphatic carbocycles. The fraction of sp³-hybridized carbons (Fsp3) is 0.400. The van der Waals surface area contributed by atoms with E-state index in [4.69, 9.17) is 11.3 Å². The molecule has 92 valence electrons. The summed E-state index contributed by atoms with van der Waals surface area (Å²) >= 11 is 0. The molecular weight excluding hydrogens is 227 g/mol. The lowest BCUT2D eigenvalue weighted by molar-refractivity contribution is 0.0130. The molecule has 1 aromatic carbocycles. The Morgan fingerprint density at radius 3 is 2.82 bits per heavy atom. The fourth-order valence-electron chi connectivity index (χ4n) is 1.39. The van der Waals surface area contributed by atoms with E-state index < -0.39 is 18.0 Å². The van der Waals surface area contributed by atoms with Crippen LogP contribution >= 0.6 is 0 Å². The second kappa shape index (κ2) is 6.05. The number of nitrogen functional groups attached to an aromatic ring is 1. The highest BCUT2D eigenvalue weighted by molar-refractivity contribution is 5.42. The lowest BCUT2D eigenvalue weighted by Crippen LogP contribution is -2.20. The number of hydrogen-bond donors (Lipinski definition) is 3. The third kappa shape index (κ3) is 3.60. The van der Waals surface area contributed by atoms with Gasteiger partial charge in [0.1, 0.15) is 11.9 Å². The first-order valence-electron chi connectivity index (χ1n) is 4.98. The van der Waals surface area contributed by atoms with Crippen molar-refractivity contribution in [3.05, 3.63) is 40.0 Å². The van der Waals surface area contributed by atoms with E-state index in [2.05, 4.69) is 10.0 Å². The van der Waals surface area contributed by atoms with Crippen molar-refractivity contribution in [2.75, 3.05) is 12.3 Å². The molecule has 0 amide bonds. The number of nitrogens with zero attached hydrogens (tertiary/aromatic N) is 3. The minimum absolute atomic E-state index is 0.0264. The summed E-state index contributed by atoms with van der Waals surface area (Å²) in [7, 11) is 0. The summed E-state index contributed by atoms with van der Waals surface area (Å²) in [4.78, 5) is 2.51. The number of hydrogen-bond acceptors (Lipinski definition) is 4. The van der Waals surface area contributed by atoms with E-state index in [0.717, 1.165) is 6.07 Å². The first-order chi connectivity index (χ1) is 8.06. The normalized spacial score (nSPS) is 13.8. The average molecular weight is 240 g/mol. The van der Waals surface area contributed by atoms with Crippen LogP contribution in [0.2, 0.25) is 0 Å². The van der Waals surface area contributed by atoms with Crippen LogP contribution < -0.4 is 5.73 Å². The van der Waals surface area contributed by atoms with Gasteiger partial charge < -0.3 is 15.9 Å². The fourth-order valence-corrected chi connectivity index (χ4v) is 1.39. The summed E-state index contributed by atoms with van der Waals surface area (Å²) in [6.07, 6.45) is -2.57. The molecule has 0 aromatic heterocycles. The quantitative estimate of drug-likeness (QED) is 0.313. The van der Waals surface area contributed by atoms with E-state index in [-0.39, 0.29) is 18.5 Å². The van der Waals surface area contributed by atoms with Crippen LogP contribution in [-0.2, 0) is 0 Å². The molecular formula is C10H13FN4O2. The molecule has 0 aliphatic heterocycles. The van der Waals surface area contributed by atoms with Gasteiger partial charge >= 0.3 is 0 Å². The highest BCUT2D eigenvalue weighted by Gasteiger charge is 2.21. The summed E-state index contributed by atoms with van der Waals surface area (Å²) in [6.45, 7) is 0.0264. The summed E-state index contributed by atoms with van der Waals surface area (Å²) in [5.41, 5.74) is 13.7. The number of rotatable bonds is 5. The first-order valence-corrected chi connectivity index (χ1v) is 4.98. The van der Waals surface area contributed by atoms with Crippen LogP contribution in [0.3, 0.4) is 0 Å². The molecule has 0 saturated heterocycles. The van der Waals surface area contributed by atoms with Gasteiger partial charge in [-0.15, -0.1) is 0 Å². The summed E-state index contributed by atoms with van der Waals surface area (Å²) in [5, 5.41) is 22.5. The molecule has 6 nitrogen and oxygen atoms in total. The zero-order valence-electron chi connectivity index (χ0n) is 8.99. The van der Waals surface area contributed by atoms with Gasteiger partial charge in [-0.2, -0.15) is 0 Å². The third-order valence-electron chi connectivity index (χ3n) is 2.29. The Morgan fingerprint density at radius 2 is 2.18 bits per heavy atom. The summed E-state index contributed by atoms with van der Waals surface area (Å²) < 4.78 is 13.4. The molecule has 0 radical (unpaired) electrons. The number of aliphatic hydroxyl groups excluding tert-OH is 2. The molecule has 0 fully saturated rings. The highest BCUT2D eigenvalue weighted by Crippen LogP contribution is 2.23. The Balaban J connectivity index is 2.76. The van der Waals surface area contributed by atoms with Crippen molar-refractivity contribution in [1.29, 1.82) is 0 Å². The molecule has 4 N–H and O–H groups in total. The molecule has 2 atom stereocenters. The minimum atomic E-state index is -1.40. The van der Waals surface area contributed by atoms with Crippen molar-refractivity contribution >= 4 is 5.69 Å². The van der Waals surface area contributed by atoms with Crippen LogP contribution in [0, 0.1) is 5.82 Å². The molecule has 17 heavy (non-hydrogen) atoms. The third-order valence-corrected chi connectivity index (χ3v) is 2.29. The van der Waals surface area contributed by atoms with E-state index in [1.54, 1.807) is 0 Å². The molecule has 0 bridgehead atoms. The lowest BCUT2D eigenvalue weighted by atomic mass is 10.0. The van der Waals surface area contributed by atoms with Gasteiger partial charge in [-0.1, -0.05) is 5.11 Å². The van der Waals surface area contributed by atoms with Gasteiger partial charge in [-0.3, -0.25) is 0 Å². The number of nitrogens with two attached hydrogens (primary N) is 1. The Kier molecular flexibility index (Phi) is 4.71. The summed E-state index contributed by atoms with van der Waals surface area (Å²) in [6, 6.07) is 3.74. The van der Waals surface area contributed by atoms with Gasteiger partial charge in [0.15, 0.2) is 0 Å². The lowest BCUT2D eigenvalue weighted by Gasteiger charge is -2.18. The molecule has 0 saturated carbocycles. The number of aliphatic hydroxyl groups is 2. The minimum Gasteiger partial charge on any atom is -0.399 e. The zero-order valence-corrected chi connectivity index (χ0v) is 8.99. The molecule has 7 heteroatoms. The first kappa shape index (κ1) is 13.2. The van der Waals surface area contributed by atoms with Gasteiger partial charge in [0.05, 0.1) is 6.10 Å². The maximum Gasteiger partial charge on any atom is 0.129 e. The molecule has 2 unspecified atom stereocenters. The SMILES string of the molecule is [N-]=[N+]=NCCC(O)C(O)c1cc(N)ccc1F. The van der Waals surface area contributed by atoms with Crippen molar-refractivity contribution in [2.24, 2.45) is 5.11 Å². The largest absolute Gasteiger partial charge is 0.399 e. The standard InChI is InChI=1S/C10H13FN4O2/c11-8-2-1-6(12)5-7(8)10(17)9(16)3-4-14-15-13/h1-2,5,9-10,16-17H,3-4,12H2. The van der Waals surface area contributed by atoms with Gasteiger partial charge in [0.25, 0.3) is 0 Å². The average Bonchev–Trinajstić information content (AvgIpc) is 2.31. The molecule has 1 aromatic rings. The van der Waals surface area contributed by atoms with Crippen LogP contribution in [0.4, 0.5) is 10.1 Å². The van der Waals surface area contributed by atoms with Crippen molar-refractivity contribution in [3.8, 4) is 0 Å². The Labute approximate surface area is 97.1 Å². The molecule has 0 heterocycles. The van der Waals surface area contributed by atoms with Gasteiger partial charge in [0.2, 0.25) is 0 Å². The van der Waals surface area contributed by atoms with Crippen LogP contribution in [0.5, 0.6) is 0 Å². The predicted octanol–water partition coefficient (Wildman–Crippen LogP) is 1.50. The van der Waals surface area contributed by atoms with E-state index in [0.29, 0.717) is 5.69 Å². The zero-order chi connectivity index (χ0) is 12.8. The van der Waals surface area contributed by atoms with Crippen molar-refractivity contribution < 1.29 is 14.6 Å². The van der Waals surface area contributed by atoms with Crippen LogP contribution in [-0.4, -0.2) is 22.9 Å². The molecule has 1 rings (SSSR count). The smallest absolute Gasteiger partial charge is 0.129 e.